The molecule has 2 N–H and O–H groups in total. The lowest BCUT2D eigenvalue weighted by atomic mass is 10.2. The van der Waals surface area contributed by atoms with Crippen molar-refractivity contribution >= 4 is 15.7 Å². The smallest absolute Gasteiger partial charge is 0.154 e. The average Bonchev–Trinajstić information content (AvgIpc) is 2.28. The Morgan fingerprint density at radius 3 is 2.83 bits per heavy atom. The largest absolute Gasteiger partial charge is 0.352 e. The van der Waals surface area contributed by atoms with Crippen molar-refractivity contribution in [3.63, 3.8) is 0 Å². The normalized spacial score (nSPS) is 23.1. The van der Waals surface area contributed by atoms with Gasteiger partial charge in [-0.3, -0.25) is 0 Å². The third-order valence-electron chi connectivity index (χ3n) is 3.26. The van der Waals surface area contributed by atoms with E-state index in [9.17, 15) is 8.42 Å². The van der Waals surface area contributed by atoms with Gasteiger partial charge in [0, 0.05) is 30.4 Å². The molecule has 0 radical (unpaired) electrons. The third-order valence-corrected chi connectivity index (χ3v) is 5.05. The number of hydrogen-bond donors (Lipinski definition) is 1. The number of aromatic nitrogens is 1. The van der Waals surface area contributed by atoms with Crippen LogP contribution in [0.15, 0.2) is 12.1 Å². The molecule has 1 aromatic heterocycles. The van der Waals surface area contributed by atoms with E-state index in [2.05, 4.69) is 9.88 Å². The maximum Gasteiger partial charge on any atom is 0.154 e. The molecule has 0 aliphatic carbocycles. The van der Waals surface area contributed by atoms with Crippen molar-refractivity contribution in [3.05, 3.63) is 23.4 Å². The lowest BCUT2D eigenvalue weighted by Crippen LogP contribution is -2.47. The SMILES string of the molecule is Cc1ccc(CN)c(N2CCS(=O)(=O)CC2C)n1. The number of hydrogen-bond acceptors (Lipinski definition) is 5. The van der Waals surface area contributed by atoms with Crippen LogP contribution in [0.2, 0.25) is 0 Å². The van der Waals surface area contributed by atoms with Crippen molar-refractivity contribution in [3.8, 4) is 0 Å². The molecule has 6 heteroatoms. The third kappa shape index (κ3) is 2.64. The summed E-state index contributed by atoms with van der Waals surface area (Å²) in [7, 11) is -2.90. The molecule has 1 atom stereocenters. The van der Waals surface area contributed by atoms with Gasteiger partial charge in [-0.2, -0.15) is 0 Å². The van der Waals surface area contributed by atoms with E-state index in [1.807, 2.05) is 26.0 Å². The molecule has 0 aromatic carbocycles. The fourth-order valence-corrected chi connectivity index (χ4v) is 3.85. The summed E-state index contributed by atoms with van der Waals surface area (Å²) in [5.74, 6) is 1.21. The Balaban J connectivity index is 2.34. The Kier molecular flexibility index (Phi) is 3.59. The van der Waals surface area contributed by atoms with Gasteiger partial charge in [-0.1, -0.05) is 6.07 Å². The molecule has 0 spiro atoms. The number of aryl methyl sites for hydroxylation is 1. The van der Waals surface area contributed by atoms with Gasteiger partial charge >= 0.3 is 0 Å². The zero-order valence-electron chi connectivity index (χ0n) is 10.8. The van der Waals surface area contributed by atoms with Gasteiger partial charge in [0.2, 0.25) is 0 Å². The Labute approximate surface area is 108 Å². The first kappa shape index (κ1) is 13.3. The zero-order valence-corrected chi connectivity index (χ0v) is 11.6. The van der Waals surface area contributed by atoms with Crippen LogP contribution in [0.1, 0.15) is 18.2 Å². The highest BCUT2D eigenvalue weighted by molar-refractivity contribution is 7.91. The zero-order chi connectivity index (χ0) is 13.3. The lowest BCUT2D eigenvalue weighted by molar-refractivity contribution is 0.566. The fraction of sp³-hybridized carbons (Fsp3) is 0.583. The molecule has 1 unspecified atom stereocenters. The van der Waals surface area contributed by atoms with Gasteiger partial charge in [-0.25, -0.2) is 13.4 Å². The van der Waals surface area contributed by atoms with Crippen molar-refractivity contribution in [2.45, 2.75) is 26.4 Å². The molecule has 1 aromatic rings. The highest BCUT2D eigenvalue weighted by atomic mass is 32.2. The number of nitrogens with zero attached hydrogens (tertiary/aromatic N) is 2. The van der Waals surface area contributed by atoms with Crippen LogP contribution in [0.5, 0.6) is 0 Å². The van der Waals surface area contributed by atoms with Crippen LogP contribution in [0.3, 0.4) is 0 Å². The van der Waals surface area contributed by atoms with E-state index in [-0.39, 0.29) is 17.5 Å². The molecule has 100 valence electrons. The summed E-state index contributed by atoms with van der Waals surface area (Å²) in [5.41, 5.74) is 7.61. The van der Waals surface area contributed by atoms with Crippen LogP contribution in [0.4, 0.5) is 5.82 Å². The Morgan fingerprint density at radius 1 is 1.50 bits per heavy atom. The molecule has 1 saturated heterocycles. The van der Waals surface area contributed by atoms with E-state index < -0.39 is 9.84 Å². The predicted molar refractivity (Wildman–Crippen MR) is 72.3 cm³/mol. The lowest BCUT2D eigenvalue weighted by Gasteiger charge is -2.35. The van der Waals surface area contributed by atoms with Crippen molar-refractivity contribution in [2.75, 3.05) is 23.0 Å². The van der Waals surface area contributed by atoms with Gasteiger partial charge < -0.3 is 10.6 Å². The number of rotatable bonds is 2. The van der Waals surface area contributed by atoms with Crippen molar-refractivity contribution < 1.29 is 8.42 Å². The second kappa shape index (κ2) is 4.85. The molecular formula is C12H19N3O2S. The van der Waals surface area contributed by atoms with Gasteiger partial charge in [0.15, 0.2) is 9.84 Å². The fourth-order valence-electron chi connectivity index (χ4n) is 2.29. The monoisotopic (exact) mass is 269 g/mol. The van der Waals surface area contributed by atoms with E-state index >= 15 is 0 Å². The number of nitrogens with two attached hydrogens (primary N) is 1. The van der Waals surface area contributed by atoms with Crippen molar-refractivity contribution in [2.24, 2.45) is 5.73 Å². The first-order valence-electron chi connectivity index (χ1n) is 6.06. The molecule has 2 rings (SSSR count). The Hall–Kier alpha value is -1.14. The quantitative estimate of drug-likeness (QED) is 0.844. The Morgan fingerprint density at radius 2 is 2.22 bits per heavy atom. The van der Waals surface area contributed by atoms with Crippen LogP contribution < -0.4 is 10.6 Å². The molecule has 1 fully saturated rings. The van der Waals surface area contributed by atoms with Gasteiger partial charge in [0.05, 0.1) is 11.5 Å². The summed E-state index contributed by atoms with van der Waals surface area (Å²) in [6.07, 6.45) is 0. The topological polar surface area (TPSA) is 76.3 Å². The maximum atomic E-state index is 11.6. The molecule has 0 amide bonds. The summed E-state index contributed by atoms with van der Waals surface area (Å²) >= 11 is 0. The minimum atomic E-state index is -2.90. The average molecular weight is 269 g/mol. The van der Waals surface area contributed by atoms with E-state index in [0.717, 1.165) is 17.1 Å². The van der Waals surface area contributed by atoms with Crippen LogP contribution in [-0.4, -0.2) is 37.5 Å². The van der Waals surface area contributed by atoms with Crippen LogP contribution in [-0.2, 0) is 16.4 Å². The minimum absolute atomic E-state index is 0.0525. The summed E-state index contributed by atoms with van der Waals surface area (Å²) < 4.78 is 23.2. The van der Waals surface area contributed by atoms with Crippen LogP contribution in [0.25, 0.3) is 0 Å². The molecule has 0 bridgehead atoms. The maximum absolute atomic E-state index is 11.6. The van der Waals surface area contributed by atoms with Crippen LogP contribution in [0, 0.1) is 6.92 Å². The van der Waals surface area contributed by atoms with Gasteiger partial charge in [0.25, 0.3) is 0 Å². The summed E-state index contributed by atoms with van der Waals surface area (Å²) in [4.78, 5) is 6.57. The summed E-state index contributed by atoms with van der Waals surface area (Å²) in [6, 6.07) is 3.84. The highest BCUT2D eigenvalue weighted by Crippen LogP contribution is 2.23. The number of anilines is 1. The van der Waals surface area contributed by atoms with E-state index in [0.29, 0.717) is 13.1 Å². The highest BCUT2D eigenvalue weighted by Gasteiger charge is 2.29. The van der Waals surface area contributed by atoms with Gasteiger partial charge in [0.1, 0.15) is 5.82 Å². The minimum Gasteiger partial charge on any atom is -0.352 e. The second-order valence-corrected chi connectivity index (χ2v) is 7.02. The summed E-state index contributed by atoms with van der Waals surface area (Å²) in [6.45, 7) is 4.75. The second-order valence-electron chi connectivity index (χ2n) is 4.80. The van der Waals surface area contributed by atoms with Gasteiger partial charge in [-0.05, 0) is 19.9 Å². The predicted octanol–water partition coefficient (Wildman–Crippen LogP) is 0.472. The molecule has 1 aliphatic rings. The molecule has 18 heavy (non-hydrogen) atoms. The number of pyridine rings is 1. The molecule has 0 saturated carbocycles. The summed E-state index contributed by atoms with van der Waals surface area (Å²) in [5, 5.41) is 0. The first-order valence-corrected chi connectivity index (χ1v) is 7.89. The number of sulfone groups is 1. The molecule has 2 heterocycles. The molecule has 1 aliphatic heterocycles. The standard InChI is InChI=1S/C12H19N3O2S/c1-9-3-4-11(7-13)12(14-9)15-5-6-18(16,17)8-10(15)2/h3-4,10H,5-8,13H2,1-2H3. The van der Waals surface area contributed by atoms with Crippen LogP contribution >= 0.6 is 0 Å². The van der Waals surface area contributed by atoms with E-state index in [1.54, 1.807) is 0 Å². The first-order chi connectivity index (χ1) is 8.43. The van der Waals surface area contributed by atoms with Crippen molar-refractivity contribution in [1.29, 1.82) is 0 Å². The molecular weight excluding hydrogens is 250 g/mol. The van der Waals surface area contributed by atoms with Gasteiger partial charge in [-0.15, -0.1) is 0 Å². The van der Waals surface area contributed by atoms with E-state index in [1.165, 1.54) is 0 Å². The molecule has 5 nitrogen and oxygen atoms in total. The van der Waals surface area contributed by atoms with Crippen molar-refractivity contribution in [1.82, 2.24) is 4.98 Å². The Bertz CT molecular complexity index is 542. The van der Waals surface area contributed by atoms with E-state index in [4.69, 9.17) is 5.73 Å².